The van der Waals surface area contributed by atoms with Crippen molar-refractivity contribution in [2.24, 2.45) is 0 Å². The van der Waals surface area contributed by atoms with E-state index in [0.29, 0.717) is 13.0 Å². The van der Waals surface area contributed by atoms with Gasteiger partial charge in [0.15, 0.2) is 0 Å². The molecule has 6 heteroatoms. The highest BCUT2D eigenvalue weighted by atomic mass is 19.4. The highest BCUT2D eigenvalue weighted by Crippen LogP contribution is 2.29. The van der Waals surface area contributed by atoms with E-state index in [4.69, 9.17) is 0 Å². The van der Waals surface area contributed by atoms with Gasteiger partial charge >= 0.3 is 6.18 Å². The van der Waals surface area contributed by atoms with Gasteiger partial charge in [-0.3, -0.25) is 4.79 Å². The van der Waals surface area contributed by atoms with Crippen LogP contribution in [0.2, 0.25) is 0 Å². The Morgan fingerprint density at radius 2 is 1.56 bits per heavy atom. The second kappa shape index (κ2) is 8.46. The lowest BCUT2D eigenvalue weighted by atomic mass is 10.1. The predicted molar refractivity (Wildman–Crippen MR) is 100.0 cm³/mol. The number of halogens is 3. The third-order valence-electron chi connectivity index (χ3n) is 4.83. The van der Waals surface area contributed by atoms with Crippen molar-refractivity contribution in [2.75, 3.05) is 24.5 Å². The van der Waals surface area contributed by atoms with Gasteiger partial charge < -0.3 is 10.2 Å². The molecule has 1 aliphatic rings. The second-order valence-corrected chi connectivity index (χ2v) is 6.80. The van der Waals surface area contributed by atoms with Gasteiger partial charge in [-0.15, -0.1) is 0 Å². The van der Waals surface area contributed by atoms with E-state index in [1.807, 2.05) is 0 Å². The van der Waals surface area contributed by atoms with Crippen LogP contribution in [0.1, 0.15) is 40.7 Å². The van der Waals surface area contributed by atoms with Crippen LogP contribution in [-0.4, -0.2) is 25.5 Å². The molecular weight excluding hydrogens is 353 g/mol. The molecular formula is C21H23F3N2O. The molecule has 2 aromatic carbocycles. The molecule has 0 unspecified atom stereocenters. The van der Waals surface area contributed by atoms with Gasteiger partial charge in [0.05, 0.1) is 5.56 Å². The summed E-state index contributed by atoms with van der Waals surface area (Å²) in [5.74, 6) is -0.367. The Balaban J connectivity index is 1.48. The van der Waals surface area contributed by atoms with Gasteiger partial charge in [-0.05, 0) is 67.6 Å². The molecule has 27 heavy (non-hydrogen) atoms. The van der Waals surface area contributed by atoms with Gasteiger partial charge in [0.1, 0.15) is 0 Å². The Labute approximate surface area is 157 Å². The minimum absolute atomic E-state index is 0.225. The summed E-state index contributed by atoms with van der Waals surface area (Å²) < 4.78 is 37.7. The summed E-state index contributed by atoms with van der Waals surface area (Å²) in [7, 11) is 0. The van der Waals surface area contributed by atoms with Crippen LogP contribution in [0.3, 0.4) is 0 Å². The highest BCUT2D eigenvalue weighted by molar-refractivity contribution is 5.94. The van der Waals surface area contributed by atoms with Crippen LogP contribution >= 0.6 is 0 Å². The minimum atomic E-state index is -4.39. The molecule has 1 saturated heterocycles. The van der Waals surface area contributed by atoms with Crippen molar-refractivity contribution in [1.82, 2.24) is 5.32 Å². The summed E-state index contributed by atoms with van der Waals surface area (Å²) in [6, 6.07) is 12.6. The van der Waals surface area contributed by atoms with Gasteiger partial charge in [0.2, 0.25) is 0 Å². The summed E-state index contributed by atoms with van der Waals surface area (Å²) in [4.78, 5) is 14.4. The van der Waals surface area contributed by atoms with E-state index in [9.17, 15) is 18.0 Å². The quantitative estimate of drug-likeness (QED) is 0.823. The SMILES string of the molecule is O=C(NCCc1ccc(N2CCCCC2)cc1)c1ccc(C(F)(F)F)cc1. The van der Waals surface area contributed by atoms with Crippen LogP contribution in [0, 0.1) is 0 Å². The molecule has 0 aromatic heterocycles. The van der Waals surface area contributed by atoms with Crippen LogP contribution in [0.5, 0.6) is 0 Å². The molecule has 0 radical (unpaired) electrons. The van der Waals surface area contributed by atoms with Gasteiger partial charge in [-0.1, -0.05) is 12.1 Å². The average Bonchev–Trinajstić information content (AvgIpc) is 2.68. The number of rotatable bonds is 5. The van der Waals surface area contributed by atoms with Crippen LogP contribution in [0.25, 0.3) is 0 Å². The van der Waals surface area contributed by atoms with Crippen molar-refractivity contribution >= 4 is 11.6 Å². The van der Waals surface area contributed by atoms with Gasteiger partial charge in [0.25, 0.3) is 5.91 Å². The Bertz CT molecular complexity index is 748. The third kappa shape index (κ3) is 5.25. The molecule has 0 atom stereocenters. The number of benzene rings is 2. The van der Waals surface area contributed by atoms with E-state index in [0.717, 1.165) is 30.8 Å². The van der Waals surface area contributed by atoms with Crippen molar-refractivity contribution < 1.29 is 18.0 Å². The number of piperidine rings is 1. The monoisotopic (exact) mass is 376 g/mol. The number of hydrogen-bond acceptors (Lipinski definition) is 2. The van der Waals surface area contributed by atoms with Gasteiger partial charge in [0, 0.05) is 30.9 Å². The number of nitrogens with one attached hydrogen (secondary N) is 1. The fourth-order valence-corrected chi connectivity index (χ4v) is 3.26. The van der Waals surface area contributed by atoms with E-state index in [1.165, 1.54) is 37.1 Å². The van der Waals surface area contributed by atoms with E-state index >= 15 is 0 Å². The predicted octanol–water partition coefficient (Wildman–Crippen LogP) is 4.67. The molecule has 144 valence electrons. The summed E-state index contributed by atoms with van der Waals surface area (Å²) in [6.07, 6.45) is 0.0463. The number of alkyl halides is 3. The number of carbonyl (C=O) groups is 1. The molecule has 1 heterocycles. The first-order valence-electron chi connectivity index (χ1n) is 9.23. The van der Waals surface area contributed by atoms with Crippen molar-refractivity contribution in [1.29, 1.82) is 0 Å². The summed E-state index contributed by atoms with van der Waals surface area (Å²) in [5, 5.41) is 2.75. The maximum Gasteiger partial charge on any atom is 0.416 e. The smallest absolute Gasteiger partial charge is 0.372 e. The van der Waals surface area contributed by atoms with E-state index in [2.05, 4.69) is 34.5 Å². The molecule has 1 aliphatic heterocycles. The second-order valence-electron chi connectivity index (χ2n) is 6.80. The molecule has 0 saturated carbocycles. The largest absolute Gasteiger partial charge is 0.416 e. The fraction of sp³-hybridized carbons (Fsp3) is 0.381. The Hall–Kier alpha value is -2.50. The maximum absolute atomic E-state index is 12.6. The van der Waals surface area contributed by atoms with Crippen LogP contribution < -0.4 is 10.2 Å². The Kier molecular flexibility index (Phi) is 6.04. The molecule has 1 amide bonds. The van der Waals surface area contributed by atoms with Crippen LogP contribution in [-0.2, 0) is 12.6 Å². The number of nitrogens with zero attached hydrogens (tertiary/aromatic N) is 1. The van der Waals surface area contributed by atoms with Crippen molar-refractivity contribution in [3.63, 3.8) is 0 Å². The number of anilines is 1. The number of hydrogen-bond donors (Lipinski definition) is 1. The molecule has 1 N–H and O–H groups in total. The molecule has 2 aromatic rings. The normalized spacial score (nSPS) is 14.9. The molecule has 1 fully saturated rings. The van der Waals surface area contributed by atoms with Crippen LogP contribution in [0.15, 0.2) is 48.5 Å². The lowest BCUT2D eigenvalue weighted by molar-refractivity contribution is -0.137. The van der Waals surface area contributed by atoms with Crippen molar-refractivity contribution in [2.45, 2.75) is 31.9 Å². The topological polar surface area (TPSA) is 32.3 Å². The first-order valence-corrected chi connectivity index (χ1v) is 9.23. The molecule has 0 bridgehead atoms. The van der Waals surface area contributed by atoms with E-state index in [1.54, 1.807) is 0 Å². The highest BCUT2D eigenvalue weighted by Gasteiger charge is 2.30. The molecule has 0 aliphatic carbocycles. The lowest BCUT2D eigenvalue weighted by Gasteiger charge is -2.28. The number of amides is 1. The third-order valence-corrected chi connectivity index (χ3v) is 4.83. The van der Waals surface area contributed by atoms with Crippen molar-refractivity contribution in [3.8, 4) is 0 Å². The zero-order valence-corrected chi connectivity index (χ0v) is 15.1. The van der Waals surface area contributed by atoms with E-state index in [-0.39, 0.29) is 11.5 Å². The number of carbonyl (C=O) groups excluding carboxylic acids is 1. The van der Waals surface area contributed by atoms with Gasteiger partial charge in [-0.25, -0.2) is 0 Å². The first kappa shape index (κ1) is 19.3. The zero-order chi connectivity index (χ0) is 19.3. The minimum Gasteiger partial charge on any atom is -0.372 e. The zero-order valence-electron chi connectivity index (χ0n) is 15.1. The average molecular weight is 376 g/mol. The standard InChI is InChI=1S/C21H23F3N2O/c22-21(23,24)18-8-6-17(7-9-18)20(27)25-13-12-16-4-10-19(11-5-16)26-14-2-1-3-15-26/h4-11H,1-3,12-15H2,(H,25,27). The summed E-state index contributed by atoms with van der Waals surface area (Å²) >= 11 is 0. The molecule has 3 rings (SSSR count). The summed E-state index contributed by atoms with van der Waals surface area (Å²) in [5.41, 5.74) is 1.81. The maximum atomic E-state index is 12.6. The Morgan fingerprint density at radius 3 is 2.15 bits per heavy atom. The Morgan fingerprint density at radius 1 is 0.926 bits per heavy atom. The van der Waals surface area contributed by atoms with E-state index < -0.39 is 11.7 Å². The summed E-state index contributed by atoms with van der Waals surface area (Å²) in [6.45, 7) is 2.63. The lowest BCUT2D eigenvalue weighted by Crippen LogP contribution is -2.29. The fourth-order valence-electron chi connectivity index (χ4n) is 3.26. The molecule has 0 spiro atoms. The van der Waals surface area contributed by atoms with Gasteiger partial charge in [-0.2, -0.15) is 13.2 Å². The van der Waals surface area contributed by atoms with Crippen LogP contribution in [0.4, 0.5) is 18.9 Å². The van der Waals surface area contributed by atoms with Crippen molar-refractivity contribution in [3.05, 3.63) is 65.2 Å². The first-order chi connectivity index (χ1) is 12.9. The molecule has 3 nitrogen and oxygen atoms in total.